The van der Waals surface area contributed by atoms with Crippen molar-refractivity contribution in [1.29, 1.82) is 0 Å². The normalized spacial score (nSPS) is 11.2. The number of hydrogen-bond acceptors (Lipinski definition) is 5. The van der Waals surface area contributed by atoms with Gasteiger partial charge in [-0.05, 0) is 20.8 Å². The maximum atomic E-state index is 10.0. The van der Waals surface area contributed by atoms with Gasteiger partial charge in [0.05, 0.1) is 5.57 Å². The number of nitrogens with two attached hydrogens (primary N) is 2. The van der Waals surface area contributed by atoms with Crippen LogP contribution in [0.15, 0.2) is 23.4 Å². The molecule has 5 N–H and O–H groups in total. The molecule has 0 rings (SSSR count). The van der Waals surface area contributed by atoms with E-state index in [1.165, 1.54) is 13.0 Å². The molecule has 15 heavy (non-hydrogen) atoms. The fourth-order valence-corrected chi connectivity index (χ4v) is 0.344. The summed E-state index contributed by atoms with van der Waals surface area (Å²) in [5, 5.41) is 8.21. The molecule has 0 atom stereocenters. The predicted octanol–water partition coefficient (Wildman–Crippen LogP) is 0.303. The number of carbonyl (C=O) groups excluding carboxylic acids is 1. The molecule has 6 nitrogen and oxygen atoms in total. The molecule has 0 radical (unpaired) electrons. The Morgan fingerprint density at radius 1 is 1.33 bits per heavy atom. The first-order valence-corrected chi connectivity index (χ1v) is 4.06. The summed E-state index contributed by atoms with van der Waals surface area (Å²) >= 11 is 0. The van der Waals surface area contributed by atoms with E-state index in [9.17, 15) is 9.59 Å². The highest BCUT2D eigenvalue weighted by molar-refractivity contribution is 5.86. The smallest absolute Gasteiger partial charge is 0.348 e. The average molecular weight is 216 g/mol. The molecular weight excluding hydrogens is 200 g/mol. The van der Waals surface area contributed by atoms with Gasteiger partial charge < -0.3 is 15.7 Å². The van der Waals surface area contributed by atoms with Crippen molar-refractivity contribution in [3.05, 3.63) is 23.4 Å². The van der Waals surface area contributed by atoms with Crippen LogP contribution in [0.5, 0.6) is 0 Å². The monoisotopic (exact) mass is 216 g/mol. The minimum atomic E-state index is -0.954. The van der Waals surface area contributed by atoms with Gasteiger partial charge in [0.1, 0.15) is 0 Å². The topological polar surface area (TPSA) is 116 Å². The molecule has 0 heterocycles. The third-order valence-corrected chi connectivity index (χ3v) is 1.33. The van der Waals surface area contributed by atoms with Gasteiger partial charge in [-0.15, -0.1) is 0 Å². The van der Waals surface area contributed by atoms with Gasteiger partial charge in [-0.3, -0.25) is 0 Å². The molecule has 0 bridgehead atoms. The van der Waals surface area contributed by atoms with E-state index in [1.54, 1.807) is 19.9 Å². The molecule has 0 aromatic heterocycles. The van der Waals surface area contributed by atoms with Crippen molar-refractivity contribution < 1.29 is 19.5 Å². The largest absolute Gasteiger partial charge is 0.478 e. The van der Waals surface area contributed by atoms with Gasteiger partial charge in [0.15, 0.2) is 0 Å². The lowest BCUT2D eigenvalue weighted by atomic mass is 10.2. The molecule has 0 aromatic rings. The number of carboxylic acid groups (broad SMARTS) is 1. The van der Waals surface area contributed by atoms with E-state index in [0.29, 0.717) is 5.70 Å². The number of allylic oxidation sites excluding steroid dienone is 2. The number of aliphatic carboxylic acids is 1. The van der Waals surface area contributed by atoms with Crippen LogP contribution in [0.2, 0.25) is 0 Å². The van der Waals surface area contributed by atoms with E-state index < -0.39 is 11.9 Å². The van der Waals surface area contributed by atoms with Gasteiger partial charge >= 0.3 is 11.9 Å². The van der Waals surface area contributed by atoms with Crippen molar-refractivity contribution in [3.63, 3.8) is 0 Å². The van der Waals surface area contributed by atoms with Crippen LogP contribution in [-0.2, 0) is 14.4 Å². The van der Waals surface area contributed by atoms with Crippen molar-refractivity contribution in [3.8, 4) is 0 Å². The number of hydrogen-bond donors (Lipinski definition) is 3. The molecule has 0 saturated carbocycles. The lowest BCUT2D eigenvalue weighted by Gasteiger charge is -1.92. The zero-order valence-corrected chi connectivity index (χ0v) is 8.98. The second-order valence-corrected chi connectivity index (χ2v) is 2.55. The molecule has 0 aliphatic rings. The summed E-state index contributed by atoms with van der Waals surface area (Å²) in [6, 6.07) is 0. The first-order valence-electron chi connectivity index (χ1n) is 4.06. The Morgan fingerprint density at radius 3 is 1.87 bits per heavy atom. The van der Waals surface area contributed by atoms with E-state index >= 15 is 0 Å². The van der Waals surface area contributed by atoms with E-state index in [4.69, 9.17) is 10.8 Å². The van der Waals surface area contributed by atoms with E-state index in [-0.39, 0.29) is 5.57 Å². The van der Waals surface area contributed by atoms with E-state index in [1.807, 2.05) is 0 Å². The molecule has 86 valence electrons. The Morgan fingerprint density at radius 2 is 1.80 bits per heavy atom. The Labute approximate surface area is 88.2 Å². The Balaban J connectivity index is 0. The average Bonchev–Trinajstić information content (AvgIpc) is 2.17. The zero-order valence-electron chi connectivity index (χ0n) is 8.98. The van der Waals surface area contributed by atoms with E-state index in [2.05, 4.69) is 10.7 Å². The fourth-order valence-electron chi connectivity index (χ4n) is 0.344. The van der Waals surface area contributed by atoms with Crippen molar-refractivity contribution in [2.24, 2.45) is 11.6 Å². The molecule has 6 heteroatoms. The van der Waals surface area contributed by atoms with Crippen LogP contribution in [0.1, 0.15) is 20.8 Å². The summed E-state index contributed by atoms with van der Waals surface area (Å²) in [6.07, 6.45) is 2.79. The summed E-state index contributed by atoms with van der Waals surface area (Å²) in [5.41, 5.74) is 5.71. The standard InChI is InChI=1S/C5H9NO2.C4H7NO2/c1-3(4(2)6)5(7)8;1-2-3-4(6)7-5/h6H2,1-2H3,(H,7,8);2-3H,5H2,1H3. The highest BCUT2D eigenvalue weighted by atomic mass is 16.7. The molecule has 0 aliphatic heterocycles. The number of carboxylic acids is 1. The molecule has 0 saturated heterocycles. The SMILES string of the molecule is CC(N)=C(C)C(=O)O.CC=CC(=O)ON. The number of carbonyl (C=O) groups is 2. The second-order valence-electron chi connectivity index (χ2n) is 2.55. The van der Waals surface area contributed by atoms with Crippen LogP contribution in [0.25, 0.3) is 0 Å². The summed E-state index contributed by atoms with van der Waals surface area (Å²) < 4.78 is 0. The molecule has 0 aromatic carbocycles. The summed E-state index contributed by atoms with van der Waals surface area (Å²) in [6.45, 7) is 4.73. The molecule has 0 spiro atoms. The molecule has 0 fully saturated rings. The lowest BCUT2D eigenvalue weighted by Crippen LogP contribution is -2.05. The maximum absolute atomic E-state index is 10.0. The number of rotatable bonds is 2. The second kappa shape index (κ2) is 8.76. The fraction of sp³-hybridized carbons (Fsp3) is 0.333. The van der Waals surface area contributed by atoms with Crippen LogP contribution in [0.3, 0.4) is 0 Å². The Hall–Kier alpha value is -1.82. The van der Waals surface area contributed by atoms with Crippen LogP contribution in [-0.4, -0.2) is 17.0 Å². The van der Waals surface area contributed by atoms with Crippen LogP contribution in [0.4, 0.5) is 0 Å². The Kier molecular flexibility index (Phi) is 9.14. The minimum Gasteiger partial charge on any atom is -0.478 e. The van der Waals surface area contributed by atoms with E-state index in [0.717, 1.165) is 0 Å². The molecular formula is C9H16N2O4. The summed E-state index contributed by atoms with van der Waals surface area (Å²) in [4.78, 5) is 23.7. The zero-order chi connectivity index (χ0) is 12.4. The van der Waals surface area contributed by atoms with Crippen molar-refractivity contribution in [1.82, 2.24) is 0 Å². The van der Waals surface area contributed by atoms with Gasteiger partial charge in [-0.2, -0.15) is 5.90 Å². The van der Waals surface area contributed by atoms with Gasteiger partial charge in [0.2, 0.25) is 0 Å². The first-order chi connectivity index (χ1) is 6.86. The first kappa shape index (κ1) is 15.6. The third-order valence-electron chi connectivity index (χ3n) is 1.33. The van der Waals surface area contributed by atoms with Crippen molar-refractivity contribution in [2.75, 3.05) is 0 Å². The maximum Gasteiger partial charge on any atom is 0.348 e. The van der Waals surface area contributed by atoms with Crippen LogP contribution < -0.4 is 11.6 Å². The highest BCUT2D eigenvalue weighted by Gasteiger charge is 1.99. The third kappa shape index (κ3) is 10.1. The van der Waals surface area contributed by atoms with Crippen molar-refractivity contribution in [2.45, 2.75) is 20.8 Å². The highest BCUT2D eigenvalue weighted by Crippen LogP contribution is 1.94. The van der Waals surface area contributed by atoms with Crippen LogP contribution in [0, 0.1) is 0 Å². The van der Waals surface area contributed by atoms with Gasteiger partial charge in [-0.1, -0.05) is 6.08 Å². The van der Waals surface area contributed by atoms with Gasteiger partial charge in [-0.25, -0.2) is 9.59 Å². The molecule has 0 aliphatic carbocycles. The predicted molar refractivity (Wildman–Crippen MR) is 55.3 cm³/mol. The molecule has 0 unspecified atom stereocenters. The quantitative estimate of drug-likeness (QED) is 0.451. The molecule has 0 amide bonds. The van der Waals surface area contributed by atoms with Gasteiger partial charge in [0.25, 0.3) is 0 Å². The lowest BCUT2D eigenvalue weighted by molar-refractivity contribution is -0.138. The van der Waals surface area contributed by atoms with Crippen LogP contribution >= 0.6 is 0 Å². The van der Waals surface area contributed by atoms with Gasteiger partial charge in [0, 0.05) is 11.8 Å². The Bertz CT molecular complexity index is 278. The summed E-state index contributed by atoms with van der Waals surface area (Å²) in [5.74, 6) is 2.98. The minimum absolute atomic E-state index is 0.213. The summed E-state index contributed by atoms with van der Waals surface area (Å²) in [7, 11) is 0. The van der Waals surface area contributed by atoms with Crippen molar-refractivity contribution >= 4 is 11.9 Å².